The van der Waals surface area contributed by atoms with Gasteiger partial charge in [-0.1, -0.05) is 12.1 Å². The average Bonchev–Trinajstić information content (AvgIpc) is 2.04. The highest BCUT2D eigenvalue weighted by Gasteiger charge is 2.03. The summed E-state index contributed by atoms with van der Waals surface area (Å²) >= 11 is 0. The van der Waals surface area contributed by atoms with Crippen molar-refractivity contribution in [2.75, 3.05) is 19.0 Å². The van der Waals surface area contributed by atoms with E-state index in [1.807, 2.05) is 44.1 Å². The first-order chi connectivity index (χ1) is 6.02. The maximum atomic E-state index is 7.30. The fourth-order valence-corrected chi connectivity index (χ4v) is 1.26. The topological polar surface area (TPSA) is 53.1 Å². The number of hydrogen-bond donors (Lipinski definition) is 2. The summed E-state index contributed by atoms with van der Waals surface area (Å²) in [5, 5.41) is 7.30. The largest absolute Gasteiger partial charge is 0.384 e. The van der Waals surface area contributed by atoms with Gasteiger partial charge in [-0.2, -0.15) is 0 Å². The van der Waals surface area contributed by atoms with E-state index >= 15 is 0 Å². The number of amidine groups is 1. The summed E-state index contributed by atoms with van der Waals surface area (Å²) in [4.78, 5) is 2.02. The Kier molecular flexibility index (Phi) is 2.56. The summed E-state index contributed by atoms with van der Waals surface area (Å²) in [6.45, 7) is 2.04. The quantitative estimate of drug-likeness (QED) is 0.529. The van der Waals surface area contributed by atoms with Gasteiger partial charge in [-0.15, -0.1) is 0 Å². The van der Waals surface area contributed by atoms with Gasteiger partial charge in [0, 0.05) is 25.3 Å². The molecule has 1 aromatic rings. The lowest BCUT2D eigenvalue weighted by Crippen LogP contribution is -2.14. The van der Waals surface area contributed by atoms with E-state index in [0.717, 1.165) is 11.3 Å². The second-order valence-electron chi connectivity index (χ2n) is 3.31. The van der Waals surface area contributed by atoms with Crippen LogP contribution in [-0.2, 0) is 0 Å². The number of nitrogens with zero attached hydrogens (tertiary/aromatic N) is 1. The maximum absolute atomic E-state index is 7.30. The van der Waals surface area contributed by atoms with Gasteiger partial charge in [0.15, 0.2) is 0 Å². The molecule has 0 atom stereocenters. The van der Waals surface area contributed by atoms with Crippen LogP contribution in [0.15, 0.2) is 18.2 Å². The van der Waals surface area contributed by atoms with Crippen molar-refractivity contribution in [3.63, 3.8) is 0 Å². The number of rotatable bonds is 2. The zero-order chi connectivity index (χ0) is 10.0. The van der Waals surface area contributed by atoms with Crippen molar-refractivity contribution < 1.29 is 0 Å². The van der Waals surface area contributed by atoms with Crippen molar-refractivity contribution in [1.29, 1.82) is 5.41 Å². The van der Waals surface area contributed by atoms with Crippen molar-refractivity contribution in [1.82, 2.24) is 0 Å². The van der Waals surface area contributed by atoms with E-state index in [2.05, 4.69) is 0 Å². The first-order valence-corrected chi connectivity index (χ1v) is 4.14. The number of benzene rings is 1. The molecule has 0 saturated carbocycles. The van der Waals surface area contributed by atoms with Gasteiger partial charge in [0.2, 0.25) is 0 Å². The van der Waals surface area contributed by atoms with Gasteiger partial charge in [-0.3, -0.25) is 5.41 Å². The van der Waals surface area contributed by atoms with E-state index in [4.69, 9.17) is 11.1 Å². The first kappa shape index (κ1) is 9.58. The van der Waals surface area contributed by atoms with Crippen LogP contribution in [0.4, 0.5) is 5.69 Å². The molecule has 0 heterocycles. The smallest absolute Gasteiger partial charge is 0.122 e. The van der Waals surface area contributed by atoms with Crippen LogP contribution in [0.3, 0.4) is 0 Å². The summed E-state index contributed by atoms with van der Waals surface area (Å²) in [7, 11) is 3.96. The highest BCUT2D eigenvalue weighted by Crippen LogP contribution is 2.18. The summed E-state index contributed by atoms with van der Waals surface area (Å²) in [6.07, 6.45) is 0. The van der Waals surface area contributed by atoms with Crippen molar-refractivity contribution in [2.24, 2.45) is 5.73 Å². The summed E-state index contributed by atoms with van der Waals surface area (Å²) < 4.78 is 0. The van der Waals surface area contributed by atoms with Crippen LogP contribution in [0.1, 0.15) is 11.1 Å². The van der Waals surface area contributed by atoms with Crippen molar-refractivity contribution in [3.8, 4) is 0 Å². The van der Waals surface area contributed by atoms with E-state index in [1.165, 1.54) is 5.56 Å². The van der Waals surface area contributed by atoms with Crippen LogP contribution in [0.5, 0.6) is 0 Å². The molecule has 3 N–H and O–H groups in total. The third-order valence-electron chi connectivity index (χ3n) is 2.00. The molecule has 0 unspecified atom stereocenters. The molecule has 13 heavy (non-hydrogen) atoms. The number of nitrogens with one attached hydrogen (secondary N) is 1. The summed E-state index contributed by atoms with van der Waals surface area (Å²) in [5.41, 5.74) is 8.46. The molecule has 0 spiro atoms. The van der Waals surface area contributed by atoms with Crippen LogP contribution in [0.2, 0.25) is 0 Å². The van der Waals surface area contributed by atoms with Crippen molar-refractivity contribution >= 4 is 11.5 Å². The van der Waals surface area contributed by atoms with E-state index in [1.54, 1.807) is 0 Å². The summed E-state index contributed by atoms with van der Waals surface area (Å²) in [5.74, 6) is 0.114. The van der Waals surface area contributed by atoms with Crippen LogP contribution < -0.4 is 10.6 Å². The molecule has 1 rings (SSSR count). The lowest BCUT2D eigenvalue weighted by atomic mass is 10.1. The molecule has 0 aliphatic rings. The number of aryl methyl sites for hydroxylation is 1. The minimum atomic E-state index is 0.114. The number of anilines is 1. The molecule has 3 nitrogen and oxygen atoms in total. The molecule has 70 valence electrons. The van der Waals surface area contributed by atoms with Crippen molar-refractivity contribution in [2.45, 2.75) is 6.92 Å². The maximum Gasteiger partial charge on any atom is 0.122 e. The van der Waals surface area contributed by atoms with E-state index in [-0.39, 0.29) is 5.84 Å². The Morgan fingerprint density at radius 1 is 1.38 bits per heavy atom. The van der Waals surface area contributed by atoms with Crippen LogP contribution >= 0.6 is 0 Å². The van der Waals surface area contributed by atoms with E-state index in [9.17, 15) is 0 Å². The molecule has 3 heteroatoms. The van der Waals surface area contributed by atoms with Crippen molar-refractivity contribution in [3.05, 3.63) is 29.3 Å². The second kappa shape index (κ2) is 3.47. The third-order valence-corrected chi connectivity index (χ3v) is 2.00. The minimum Gasteiger partial charge on any atom is -0.384 e. The van der Waals surface area contributed by atoms with E-state index in [0.29, 0.717) is 0 Å². The Hall–Kier alpha value is -1.51. The van der Waals surface area contributed by atoms with Gasteiger partial charge in [0.1, 0.15) is 5.84 Å². The van der Waals surface area contributed by atoms with Gasteiger partial charge >= 0.3 is 0 Å². The Morgan fingerprint density at radius 3 is 2.46 bits per heavy atom. The standard InChI is InChI=1S/C10H15N3/c1-7-4-5-8(10(11)12)6-9(7)13(2)3/h4-6H,1-3H3,(H3,11,12). The van der Waals surface area contributed by atoms with Gasteiger partial charge in [-0.25, -0.2) is 0 Å². The molecule has 0 saturated heterocycles. The highest BCUT2D eigenvalue weighted by atomic mass is 15.1. The van der Waals surface area contributed by atoms with Gasteiger partial charge in [0.25, 0.3) is 0 Å². The van der Waals surface area contributed by atoms with Gasteiger partial charge < -0.3 is 10.6 Å². The predicted molar refractivity (Wildman–Crippen MR) is 56.5 cm³/mol. The molecule has 0 bridgehead atoms. The molecule has 0 fully saturated rings. The second-order valence-corrected chi connectivity index (χ2v) is 3.31. The zero-order valence-electron chi connectivity index (χ0n) is 8.26. The summed E-state index contributed by atoms with van der Waals surface area (Å²) in [6, 6.07) is 5.77. The molecule has 0 amide bonds. The zero-order valence-corrected chi connectivity index (χ0v) is 8.26. The lowest BCUT2D eigenvalue weighted by Gasteiger charge is -2.16. The lowest BCUT2D eigenvalue weighted by molar-refractivity contribution is 1.11. The highest BCUT2D eigenvalue weighted by molar-refractivity contribution is 5.96. The molecular weight excluding hydrogens is 162 g/mol. The third kappa shape index (κ3) is 1.99. The number of nitrogen functional groups attached to an aromatic ring is 1. The molecule has 0 aliphatic carbocycles. The SMILES string of the molecule is Cc1ccc(C(=N)N)cc1N(C)C. The predicted octanol–water partition coefficient (Wildman–Crippen LogP) is 1.35. The van der Waals surface area contributed by atoms with Gasteiger partial charge in [0.05, 0.1) is 0 Å². The van der Waals surface area contributed by atoms with Crippen LogP contribution in [0.25, 0.3) is 0 Å². The molecule has 1 aromatic carbocycles. The monoisotopic (exact) mass is 177 g/mol. The van der Waals surface area contributed by atoms with E-state index < -0.39 is 0 Å². The minimum absolute atomic E-state index is 0.114. The van der Waals surface area contributed by atoms with Crippen LogP contribution in [-0.4, -0.2) is 19.9 Å². The number of hydrogen-bond acceptors (Lipinski definition) is 2. The Balaban J connectivity index is 3.19. The average molecular weight is 177 g/mol. The Labute approximate surface area is 78.7 Å². The van der Waals surface area contributed by atoms with Gasteiger partial charge in [-0.05, 0) is 18.6 Å². The Morgan fingerprint density at radius 2 is 2.00 bits per heavy atom. The molecular formula is C10H15N3. The fraction of sp³-hybridized carbons (Fsp3) is 0.300. The van der Waals surface area contributed by atoms with Crippen LogP contribution in [0, 0.1) is 12.3 Å². The fourth-order valence-electron chi connectivity index (χ4n) is 1.26. The molecule has 0 aliphatic heterocycles. The molecule has 0 aromatic heterocycles. The Bertz CT molecular complexity index is 329. The first-order valence-electron chi connectivity index (χ1n) is 4.14. The molecule has 0 radical (unpaired) electrons. The normalized spacial score (nSPS) is 9.77. The number of nitrogens with two attached hydrogens (primary N) is 1.